The number of hydrogen-bond donors (Lipinski definition) is 3. The van der Waals surface area contributed by atoms with Crippen LogP contribution in [0.25, 0.3) is 0 Å². The van der Waals surface area contributed by atoms with Gasteiger partial charge in [-0.25, -0.2) is 15.1 Å². The highest BCUT2D eigenvalue weighted by molar-refractivity contribution is 5.85. The molecule has 0 aliphatic heterocycles. The van der Waals surface area contributed by atoms with E-state index in [9.17, 15) is 14.4 Å². The first-order valence-corrected chi connectivity index (χ1v) is 11.2. The first kappa shape index (κ1) is 27.4. The lowest BCUT2D eigenvalue weighted by molar-refractivity contribution is -0.136. The van der Waals surface area contributed by atoms with Gasteiger partial charge in [-0.2, -0.15) is 0 Å². The van der Waals surface area contributed by atoms with E-state index in [0.29, 0.717) is 6.54 Å². The number of amides is 3. The summed E-state index contributed by atoms with van der Waals surface area (Å²) in [5.41, 5.74) is 4.27. The van der Waals surface area contributed by atoms with Crippen molar-refractivity contribution in [2.24, 2.45) is 0 Å². The van der Waals surface area contributed by atoms with E-state index in [1.807, 2.05) is 54.6 Å². The molecule has 0 aromatic heterocycles. The van der Waals surface area contributed by atoms with E-state index in [1.165, 1.54) is 6.08 Å². The maximum absolute atomic E-state index is 12.8. The van der Waals surface area contributed by atoms with Crippen LogP contribution in [0.3, 0.4) is 0 Å². The number of benzene rings is 2. The summed E-state index contributed by atoms with van der Waals surface area (Å²) in [6.45, 7) is 9.30. The Labute approximate surface area is 205 Å². The largest absolute Gasteiger partial charge is 0.445 e. The van der Waals surface area contributed by atoms with Crippen LogP contribution in [0.15, 0.2) is 67.3 Å². The molecule has 0 bridgehead atoms. The molecule has 1 atom stereocenters. The van der Waals surface area contributed by atoms with E-state index < -0.39 is 29.7 Å². The molecule has 9 nitrogen and oxygen atoms in total. The molecule has 0 radical (unpaired) electrons. The van der Waals surface area contributed by atoms with Gasteiger partial charge in [-0.3, -0.25) is 9.63 Å². The van der Waals surface area contributed by atoms with Crippen molar-refractivity contribution in [3.8, 4) is 0 Å². The minimum Gasteiger partial charge on any atom is -0.445 e. The highest BCUT2D eigenvalue weighted by atomic mass is 16.7. The van der Waals surface area contributed by atoms with Crippen LogP contribution in [0.1, 0.15) is 37.5 Å². The van der Waals surface area contributed by atoms with Gasteiger partial charge in [0.25, 0.3) is 5.91 Å². The highest BCUT2D eigenvalue weighted by Gasteiger charge is 2.25. The van der Waals surface area contributed by atoms with Gasteiger partial charge in [0.05, 0.1) is 6.61 Å². The van der Waals surface area contributed by atoms with Crippen LogP contribution in [0.2, 0.25) is 0 Å². The Kier molecular flexibility index (Phi) is 10.8. The zero-order valence-corrected chi connectivity index (χ0v) is 20.3. The van der Waals surface area contributed by atoms with Crippen LogP contribution in [-0.4, -0.2) is 36.3 Å². The number of ether oxygens (including phenoxy) is 2. The van der Waals surface area contributed by atoms with E-state index in [-0.39, 0.29) is 19.6 Å². The summed E-state index contributed by atoms with van der Waals surface area (Å²) in [6.07, 6.45) is 0.549. The normalized spacial score (nSPS) is 11.6. The Morgan fingerprint density at radius 2 is 1.60 bits per heavy atom. The van der Waals surface area contributed by atoms with E-state index in [0.717, 1.165) is 16.7 Å². The van der Waals surface area contributed by atoms with Crippen LogP contribution < -0.4 is 16.1 Å². The predicted octanol–water partition coefficient (Wildman–Crippen LogP) is 3.78. The molecule has 188 valence electrons. The second kappa shape index (κ2) is 13.8. The first-order valence-electron chi connectivity index (χ1n) is 11.2. The van der Waals surface area contributed by atoms with Gasteiger partial charge in [-0.1, -0.05) is 67.3 Å². The van der Waals surface area contributed by atoms with Crippen molar-refractivity contribution < 1.29 is 28.7 Å². The molecule has 0 aliphatic rings. The predicted molar refractivity (Wildman–Crippen MR) is 131 cm³/mol. The van der Waals surface area contributed by atoms with Crippen LogP contribution >= 0.6 is 0 Å². The molecule has 0 saturated carbocycles. The van der Waals surface area contributed by atoms with Crippen molar-refractivity contribution in [3.05, 3.63) is 83.9 Å². The lowest BCUT2D eigenvalue weighted by atomic mass is 10.1. The van der Waals surface area contributed by atoms with Crippen molar-refractivity contribution in [1.82, 2.24) is 16.1 Å². The third-order valence-corrected chi connectivity index (χ3v) is 4.49. The smallest absolute Gasteiger partial charge is 0.408 e. The van der Waals surface area contributed by atoms with E-state index in [2.05, 4.69) is 22.7 Å². The first-order chi connectivity index (χ1) is 16.7. The minimum atomic E-state index is -0.887. The molecule has 0 aliphatic carbocycles. The van der Waals surface area contributed by atoms with Crippen molar-refractivity contribution >= 4 is 18.1 Å². The zero-order chi connectivity index (χ0) is 25.7. The summed E-state index contributed by atoms with van der Waals surface area (Å²) in [5, 5.41) is 5.24. The second-order valence-corrected chi connectivity index (χ2v) is 8.70. The molecule has 3 amide bonds. The Balaban J connectivity index is 1.87. The fraction of sp³-hybridized carbons (Fsp3) is 0.346. The third kappa shape index (κ3) is 11.2. The number of alkyl carbamates (subject to hydrolysis) is 2. The minimum absolute atomic E-state index is 0.116. The maximum Gasteiger partial charge on any atom is 0.408 e. The molecular weight excluding hydrogens is 450 g/mol. The molecule has 2 aromatic carbocycles. The molecule has 0 fully saturated rings. The molecule has 0 saturated heterocycles. The van der Waals surface area contributed by atoms with E-state index in [4.69, 9.17) is 14.3 Å². The van der Waals surface area contributed by atoms with Gasteiger partial charge in [0.2, 0.25) is 0 Å². The summed E-state index contributed by atoms with van der Waals surface area (Å²) in [7, 11) is 0. The second-order valence-electron chi connectivity index (χ2n) is 8.70. The summed E-state index contributed by atoms with van der Waals surface area (Å²) < 4.78 is 10.1. The quantitative estimate of drug-likeness (QED) is 0.331. The fourth-order valence-electron chi connectivity index (χ4n) is 2.88. The topological polar surface area (TPSA) is 115 Å². The lowest BCUT2D eigenvalue weighted by Gasteiger charge is -2.23. The van der Waals surface area contributed by atoms with Gasteiger partial charge < -0.3 is 20.1 Å². The lowest BCUT2D eigenvalue weighted by Crippen LogP contribution is -2.49. The van der Waals surface area contributed by atoms with Gasteiger partial charge in [-0.05, 0) is 37.5 Å². The van der Waals surface area contributed by atoms with E-state index >= 15 is 0 Å². The van der Waals surface area contributed by atoms with Crippen molar-refractivity contribution in [2.45, 2.75) is 52.0 Å². The standard InChI is InChI=1S/C26H33N3O6/c1-5-15-33-24(31)27-17-20-11-13-21(14-12-20)18-34-29-23(30)22(16-19-9-7-6-8-10-19)28-25(32)35-26(2,3)4/h5-14,22H,1,15-18H2,2-4H3,(H,27,31)(H,28,32)(H,29,30)/t22-/m1/s1. The van der Waals surface area contributed by atoms with E-state index in [1.54, 1.807) is 20.8 Å². The molecule has 2 rings (SSSR count). The number of nitrogens with one attached hydrogen (secondary N) is 3. The van der Waals surface area contributed by atoms with Crippen LogP contribution in [-0.2, 0) is 38.7 Å². The average molecular weight is 484 g/mol. The summed E-state index contributed by atoms with van der Waals surface area (Å²) in [4.78, 5) is 41.8. The number of hydroxylamine groups is 1. The zero-order valence-electron chi connectivity index (χ0n) is 20.3. The maximum atomic E-state index is 12.8. The molecule has 0 heterocycles. The van der Waals surface area contributed by atoms with Crippen molar-refractivity contribution in [2.75, 3.05) is 6.61 Å². The highest BCUT2D eigenvalue weighted by Crippen LogP contribution is 2.09. The average Bonchev–Trinajstić information content (AvgIpc) is 2.81. The Morgan fingerprint density at radius 1 is 0.943 bits per heavy atom. The van der Waals surface area contributed by atoms with Gasteiger partial charge in [0, 0.05) is 13.0 Å². The molecule has 3 N–H and O–H groups in total. The fourth-order valence-corrected chi connectivity index (χ4v) is 2.88. The van der Waals surface area contributed by atoms with Crippen LogP contribution in [0, 0.1) is 0 Å². The summed E-state index contributed by atoms with van der Waals surface area (Å²) in [6, 6.07) is 15.7. The molecule has 0 unspecified atom stereocenters. The Bertz CT molecular complexity index is 971. The molecule has 2 aromatic rings. The van der Waals surface area contributed by atoms with Gasteiger partial charge >= 0.3 is 12.2 Å². The molecular formula is C26H33N3O6. The monoisotopic (exact) mass is 483 g/mol. The van der Waals surface area contributed by atoms with Crippen LogP contribution in [0.4, 0.5) is 9.59 Å². The van der Waals surface area contributed by atoms with Gasteiger partial charge in [-0.15, -0.1) is 0 Å². The molecule has 9 heteroatoms. The number of carbonyl (C=O) groups excluding carboxylic acids is 3. The van der Waals surface area contributed by atoms with Gasteiger partial charge in [0.1, 0.15) is 18.2 Å². The number of carbonyl (C=O) groups is 3. The Hall–Kier alpha value is -3.85. The Morgan fingerprint density at radius 3 is 2.23 bits per heavy atom. The summed E-state index contributed by atoms with van der Waals surface area (Å²) >= 11 is 0. The number of hydrogen-bond acceptors (Lipinski definition) is 6. The molecule has 35 heavy (non-hydrogen) atoms. The number of rotatable bonds is 11. The van der Waals surface area contributed by atoms with Gasteiger partial charge in [0.15, 0.2) is 0 Å². The van der Waals surface area contributed by atoms with Crippen molar-refractivity contribution in [1.29, 1.82) is 0 Å². The third-order valence-electron chi connectivity index (χ3n) is 4.49. The molecule has 0 spiro atoms. The van der Waals surface area contributed by atoms with Crippen LogP contribution in [0.5, 0.6) is 0 Å². The SMILES string of the molecule is C=CCOC(=O)NCc1ccc(CONC(=O)[C@@H](Cc2ccccc2)NC(=O)OC(C)(C)C)cc1. The van der Waals surface area contributed by atoms with Crippen molar-refractivity contribution in [3.63, 3.8) is 0 Å². The summed E-state index contributed by atoms with van der Waals surface area (Å²) in [5.74, 6) is -0.501.